The highest BCUT2D eigenvalue weighted by atomic mass is 16.5. The first-order chi connectivity index (χ1) is 8.69. The van der Waals surface area contributed by atoms with Gasteiger partial charge in [-0.2, -0.15) is 0 Å². The van der Waals surface area contributed by atoms with E-state index in [0.29, 0.717) is 24.5 Å². The van der Waals surface area contributed by atoms with E-state index in [1.807, 2.05) is 12.1 Å². The van der Waals surface area contributed by atoms with Gasteiger partial charge in [-0.15, -0.1) is 6.58 Å². The molecule has 0 aromatic heterocycles. The highest BCUT2D eigenvalue weighted by Crippen LogP contribution is 2.47. The summed E-state index contributed by atoms with van der Waals surface area (Å²) in [6, 6.07) is 3.74. The van der Waals surface area contributed by atoms with Crippen molar-refractivity contribution < 1.29 is 14.9 Å². The third-order valence-electron chi connectivity index (χ3n) is 4.02. The van der Waals surface area contributed by atoms with Crippen LogP contribution in [0.3, 0.4) is 0 Å². The molecule has 1 aromatic carbocycles. The molecule has 1 heterocycles. The Morgan fingerprint density at radius 3 is 3.00 bits per heavy atom. The maximum absolute atomic E-state index is 10.00. The molecule has 0 spiro atoms. The molecule has 3 nitrogen and oxygen atoms in total. The number of aromatic hydroxyl groups is 1. The lowest BCUT2D eigenvalue weighted by Crippen LogP contribution is -2.30. The number of phenolic OH excluding ortho intramolecular Hbond substituents is 1. The fourth-order valence-electron chi connectivity index (χ4n) is 3.09. The van der Waals surface area contributed by atoms with Crippen molar-refractivity contribution >= 4 is 0 Å². The van der Waals surface area contributed by atoms with E-state index in [1.165, 1.54) is 0 Å². The molecule has 2 unspecified atom stereocenters. The van der Waals surface area contributed by atoms with E-state index in [1.54, 1.807) is 6.08 Å². The Balaban J connectivity index is 1.95. The zero-order valence-corrected chi connectivity index (χ0v) is 10.3. The second kappa shape index (κ2) is 4.32. The molecule has 3 heteroatoms. The number of rotatable bonds is 2. The molecule has 18 heavy (non-hydrogen) atoms. The van der Waals surface area contributed by atoms with E-state index in [-0.39, 0.29) is 12.2 Å². The summed E-state index contributed by atoms with van der Waals surface area (Å²) >= 11 is 0. The average molecular weight is 246 g/mol. The van der Waals surface area contributed by atoms with Crippen molar-refractivity contribution in [2.45, 2.75) is 43.8 Å². The SMILES string of the molecule is C=CCc1cc2c(cc1O)C1CC[C@H](O)CC1O2. The van der Waals surface area contributed by atoms with Crippen LogP contribution in [0.25, 0.3) is 0 Å². The summed E-state index contributed by atoms with van der Waals surface area (Å²) in [5.41, 5.74) is 1.94. The van der Waals surface area contributed by atoms with Gasteiger partial charge in [-0.3, -0.25) is 0 Å². The Morgan fingerprint density at radius 2 is 2.22 bits per heavy atom. The normalized spacial score (nSPS) is 29.3. The molecule has 0 amide bonds. The fourth-order valence-corrected chi connectivity index (χ4v) is 3.09. The third-order valence-corrected chi connectivity index (χ3v) is 4.02. The van der Waals surface area contributed by atoms with Gasteiger partial charge < -0.3 is 14.9 Å². The molecule has 1 aromatic rings. The molecule has 2 N–H and O–H groups in total. The van der Waals surface area contributed by atoms with Crippen molar-refractivity contribution in [2.75, 3.05) is 0 Å². The second-order valence-electron chi connectivity index (χ2n) is 5.24. The Kier molecular flexibility index (Phi) is 2.78. The molecule has 0 radical (unpaired) electrons. The van der Waals surface area contributed by atoms with Crippen molar-refractivity contribution in [2.24, 2.45) is 0 Å². The summed E-state index contributed by atoms with van der Waals surface area (Å²) < 4.78 is 5.92. The first kappa shape index (κ1) is 11.6. The molecule has 0 saturated heterocycles. The molecule has 1 fully saturated rings. The van der Waals surface area contributed by atoms with E-state index < -0.39 is 0 Å². The van der Waals surface area contributed by atoms with Crippen molar-refractivity contribution in [3.05, 3.63) is 35.9 Å². The van der Waals surface area contributed by atoms with Gasteiger partial charge in [0.1, 0.15) is 17.6 Å². The summed E-state index contributed by atoms with van der Waals surface area (Å²) in [4.78, 5) is 0. The number of phenols is 1. The zero-order chi connectivity index (χ0) is 12.7. The molecular weight excluding hydrogens is 228 g/mol. The number of hydrogen-bond acceptors (Lipinski definition) is 3. The van der Waals surface area contributed by atoms with Crippen LogP contribution in [-0.2, 0) is 6.42 Å². The number of benzene rings is 1. The highest BCUT2D eigenvalue weighted by molar-refractivity contribution is 5.51. The van der Waals surface area contributed by atoms with Crippen LogP contribution in [-0.4, -0.2) is 22.4 Å². The van der Waals surface area contributed by atoms with Crippen molar-refractivity contribution in [3.63, 3.8) is 0 Å². The maximum Gasteiger partial charge on any atom is 0.123 e. The number of hydrogen-bond donors (Lipinski definition) is 2. The molecule has 1 saturated carbocycles. The zero-order valence-electron chi connectivity index (χ0n) is 10.3. The summed E-state index contributed by atoms with van der Waals surface area (Å²) in [7, 11) is 0. The van der Waals surface area contributed by atoms with Crippen molar-refractivity contribution in [1.82, 2.24) is 0 Å². The fraction of sp³-hybridized carbons (Fsp3) is 0.467. The van der Waals surface area contributed by atoms with Gasteiger partial charge in [-0.25, -0.2) is 0 Å². The van der Waals surface area contributed by atoms with Crippen LogP contribution in [0.2, 0.25) is 0 Å². The van der Waals surface area contributed by atoms with Crippen LogP contribution in [0.5, 0.6) is 11.5 Å². The van der Waals surface area contributed by atoms with Gasteiger partial charge in [-0.05, 0) is 31.4 Å². The molecule has 3 rings (SSSR count). The molecule has 96 valence electrons. The number of fused-ring (bicyclic) bond motifs is 3. The predicted molar refractivity (Wildman–Crippen MR) is 69.0 cm³/mol. The van der Waals surface area contributed by atoms with Gasteiger partial charge >= 0.3 is 0 Å². The van der Waals surface area contributed by atoms with Gasteiger partial charge in [0.15, 0.2) is 0 Å². The Labute approximate surface area is 107 Å². The van der Waals surface area contributed by atoms with Gasteiger partial charge in [0.05, 0.1) is 6.10 Å². The van der Waals surface area contributed by atoms with E-state index >= 15 is 0 Å². The van der Waals surface area contributed by atoms with Crippen LogP contribution in [0, 0.1) is 0 Å². The van der Waals surface area contributed by atoms with E-state index in [2.05, 4.69) is 6.58 Å². The smallest absolute Gasteiger partial charge is 0.123 e. The number of aliphatic hydroxyl groups is 1. The lowest BCUT2D eigenvalue weighted by atomic mass is 9.81. The van der Waals surface area contributed by atoms with Crippen LogP contribution in [0.15, 0.2) is 24.8 Å². The molecule has 0 bridgehead atoms. The molecule has 2 aliphatic rings. The van der Waals surface area contributed by atoms with E-state index in [0.717, 1.165) is 29.7 Å². The van der Waals surface area contributed by atoms with Crippen molar-refractivity contribution in [1.29, 1.82) is 0 Å². The summed E-state index contributed by atoms with van der Waals surface area (Å²) in [6.45, 7) is 3.69. The molecule has 1 aliphatic carbocycles. The number of aliphatic hydroxyl groups excluding tert-OH is 1. The molecule has 3 atom stereocenters. The van der Waals surface area contributed by atoms with E-state index in [9.17, 15) is 10.2 Å². The number of allylic oxidation sites excluding steroid dienone is 1. The second-order valence-corrected chi connectivity index (χ2v) is 5.24. The van der Waals surface area contributed by atoms with Crippen molar-refractivity contribution in [3.8, 4) is 11.5 Å². The van der Waals surface area contributed by atoms with Gasteiger partial charge in [0, 0.05) is 23.5 Å². The maximum atomic E-state index is 10.00. The van der Waals surface area contributed by atoms with Crippen LogP contribution in [0.4, 0.5) is 0 Å². The summed E-state index contributed by atoms with van der Waals surface area (Å²) in [5, 5.41) is 19.7. The minimum Gasteiger partial charge on any atom is -0.508 e. The minimum atomic E-state index is -0.248. The van der Waals surface area contributed by atoms with Gasteiger partial charge in [0.2, 0.25) is 0 Å². The average Bonchev–Trinajstić information content (AvgIpc) is 2.66. The monoisotopic (exact) mass is 246 g/mol. The lowest BCUT2D eigenvalue weighted by molar-refractivity contribution is 0.0551. The first-order valence-corrected chi connectivity index (χ1v) is 6.50. The largest absolute Gasteiger partial charge is 0.508 e. The van der Waals surface area contributed by atoms with Crippen LogP contribution >= 0.6 is 0 Å². The van der Waals surface area contributed by atoms with Crippen LogP contribution in [0.1, 0.15) is 36.3 Å². The van der Waals surface area contributed by atoms with Gasteiger partial charge in [0.25, 0.3) is 0 Å². The third kappa shape index (κ3) is 1.79. The Morgan fingerprint density at radius 1 is 1.39 bits per heavy atom. The predicted octanol–water partition coefficient (Wildman–Crippen LogP) is 2.51. The quantitative estimate of drug-likeness (QED) is 0.788. The minimum absolute atomic E-state index is 0.0714. The van der Waals surface area contributed by atoms with Gasteiger partial charge in [-0.1, -0.05) is 6.08 Å². The summed E-state index contributed by atoms with van der Waals surface area (Å²) in [5.74, 6) is 1.52. The molecular formula is C15H18O3. The Bertz CT molecular complexity index is 481. The standard InChI is InChI=1S/C15H18O3/c1-2-3-9-6-14-12(8-13(9)17)11-5-4-10(16)7-15(11)18-14/h2,6,8,10-11,15-17H,1,3-5,7H2/t10-,11?,15?/m0/s1. The Hall–Kier alpha value is -1.48. The molecule has 1 aliphatic heterocycles. The first-order valence-electron chi connectivity index (χ1n) is 6.50. The highest BCUT2D eigenvalue weighted by Gasteiger charge is 2.39. The topological polar surface area (TPSA) is 49.7 Å². The summed E-state index contributed by atoms with van der Waals surface area (Å²) in [6.07, 6.45) is 4.67. The lowest BCUT2D eigenvalue weighted by Gasteiger charge is -2.27. The van der Waals surface area contributed by atoms with E-state index in [4.69, 9.17) is 4.74 Å². The van der Waals surface area contributed by atoms with Crippen LogP contribution < -0.4 is 4.74 Å². The number of ether oxygens (including phenoxy) is 1.